The van der Waals surface area contributed by atoms with Gasteiger partial charge in [-0.15, -0.1) is 0 Å². The molecule has 0 aliphatic heterocycles. The van der Waals surface area contributed by atoms with Crippen LogP contribution in [-0.4, -0.2) is 57.3 Å². The number of carbonyl (C=O) groups excluding carboxylic acids is 1. The van der Waals surface area contributed by atoms with Gasteiger partial charge in [0.2, 0.25) is 5.91 Å². The SMILES string of the molecule is CCCCCCCC/C=C/CC/C=C/CCCC(O)C(O)C(CO)NC(=O)C(O)CCCCCCCCC/C=C\CCCCCCCCCCCCCC. The van der Waals surface area contributed by atoms with Crippen molar-refractivity contribution in [2.45, 2.75) is 257 Å². The second-order valence-corrected chi connectivity index (χ2v) is 16.1. The molecule has 0 aliphatic carbocycles. The minimum absolute atomic E-state index is 0.355. The highest BCUT2D eigenvalue weighted by atomic mass is 16.3. The number of carbonyl (C=O) groups is 1. The predicted octanol–water partition coefficient (Wildman–Crippen LogP) is 12.5. The van der Waals surface area contributed by atoms with E-state index in [0.29, 0.717) is 19.3 Å². The number of hydrogen-bond donors (Lipinski definition) is 5. The number of aliphatic hydroxyl groups is 4. The molecule has 54 heavy (non-hydrogen) atoms. The Morgan fingerprint density at radius 2 is 0.778 bits per heavy atom. The standard InChI is InChI=1S/C48H91NO5/c1-3-5-7-9-11-13-15-17-19-20-21-22-23-24-25-26-28-30-32-34-36-38-40-42-46(52)48(54)49-44(43-50)47(53)45(51)41-39-37-35-33-31-29-27-18-16-14-12-10-8-6-4-2/h18,24-25,27,33,35,44-47,50-53H,3-17,19-23,26,28-32,34,36-43H2,1-2H3,(H,49,54)/b25-24-,27-18+,35-33+. The van der Waals surface area contributed by atoms with E-state index in [-0.39, 0.29) is 0 Å². The fourth-order valence-corrected chi connectivity index (χ4v) is 7.06. The lowest BCUT2D eigenvalue weighted by Crippen LogP contribution is -2.53. The second kappa shape index (κ2) is 42.7. The summed E-state index contributed by atoms with van der Waals surface area (Å²) in [6.45, 7) is 4.03. The first kappa shape index (κ1) is 52.5. The van der Waals surface area contributed by atoms with E-state index in [1.807, 2.05) is 0 Å². The van der Waals surface area contributed by atoms with E-state index < -0.39 is 36.9 Å². The Balaban J connectivity index is 3.75. The van der Waals surface area contributed by atoms with Crippen molar-refractivity contribution in [3.63, 3.8) is 0 Å². The van der Waals surface area contributed by atoms with Gasteiger partial charge in [0.1, 0.15) is 12.2 Å². The maximum atomic E-state index is 12.5. The van der Waals surface area contributed by atoms with Crippen molar-refractivity contribution in [3.8, 4) is 0 Å². The van der Waals surface area contributed by atoms with Gasteiger partial charge < -0.3 is 25.7 Å². The van der Waals surface area contributed by atoms with Crippen LogP contribution in [0.2, 0.25) is 0 Å². The number of allylic oxidation sites excluding steroid dienone is 6. The molecule has 0 aromatic carbocycles. The van der Waals surface area contributed by atoms with Gasteiger partial charge in [0.15, 0.2) is 0 Å². The first-order chi connectivity index (χ1) is 26.5. The van der Waals surface area contributed by atoms with E-state index in [0.717, 1.165) is 38.5 Å². The Labute approximate surface area is 335 Å². The van der Waals surface area contributed by atoms with Gasteiger partial charge in [0.05, 0.1) is 18.8 Å². The van der Waals surface area contributed by atoms with Gasteiger partial charge >= 0.3 is 0 Å². The molecule has 0 saturated heterocycles. The van der Waals surface area contributed by atoms with E-state index >= 15 is 0 Å². The Hall–Kier alpha value is -1.47. The van der Waals surface area contributed by atoms with Crippen molar-refractivity contribution in [1.82, 2.24) is 5.32 Å². The minimum atomic E-state index is -1.29. The summed E-state index contributed by atoms with van der Waals surface area (Å²) in [7, 11) is 0. The van der Waals surface area contributed by atoms with E-state index in [1.54, 1.807) is 0 Å². The van der Waals surface area contributed by atoms with Gasteiger partial charge in [-0.1, -0.05) is 192 Å². The molecule has 0 rings (SSSR count). The Kier molecular flexibility index (Phi) is 41.5. The van der Waals surface area contributed by atoms with Crippen molar-refractivity contribution in [2.75, 3.05) is 6.61 Å². The van der Waals surface area contributed by atoms with Crippen LogP contribution in [0.3, 0.4) is 0 Å². The summed E-state index contributed by atoms with van der Waals surface area (Å²) in [5.41, 5.74) is 0. The zero-order valence-electron chi connectivity index (χ0n) is 35.7. The van der Waals surface area contributed by atoms with Crippen LogP contribution in [-0.2, 0) is 4.79 Å². The first-order valence-electron chi connectivity index (χ1n) is 23.4. The zero-order chi connectivity index (χ0) is 39.6. The van der Waals surface area contributed by atoms with Crippen molar-refractivity contribution in [2.24, 2.45) is 0 Å². The summed E-state index contributed by atoms with van der Waals surface area (Å²) in [6.07, 6.45) is 50.4. The molecule has 6 nitrogen and oxygen atoms in total. The molecule has 6 heteroatoms. The van der Waals surface area contributed by atoms with Gasteiger partial charge in [-0.05, 0) is 77.0 Å². The fourth-order valence-electron chi connectivity index (χ4n) is 7.06. The summed E-state index contributed by atoms with van der Waals surface area (Å²) < 4.78 is 0. The van der Waals surface area contributed by atoms with Crippen LogP contribution in [0.25, 0.3) is 0 Å². The molecule has 0 fully saturated rings. The molecule has 0 spiro atoms. The molecule has 1 amide bonds. The number of amides is 1. The zero-order valence-corrected chi connectivity index (χ0v) is 35.7. The largest absolute Gasteiger partial charge is 0.394 e. The van der Waals surface area contributed by atoms with Crippen LogP contribution >= 0.6 is 0 Å². The molecule has 0 bridgehead atoms. The van der Waals surface area contributed by atoms with Crippen LogP contribution in [0.1, 0.15) is 232 Å². The van der Waals surface area contributed by atoms with Crippen molar-refractivity contribution in [1.29, 1.82) is 0 Å². The number of aliphatic hydroxyl groups excluding tert-OH is 4. The topological polar surface area (TPSA) is 110 Å². The fraction of sp³-hybridized carbons (Fsp3) is 0.854. The van der Waals surface area contributed by atoms with Gasteiger partial charge in [-0.2, -0.15) is 0 Å². The molecule has 0 aromatic heterocycles. The number of nitrogens with one attached hydrogen (secondary N) is 1. The summed E-state index contributed by atoms with van der Waals surface area (Å²) in [6, 6.07) is -1.01. The van der Waals surface area contributed by atoms with Crippen LogP contribution in [0.4, 0.5) is 0 Å². The molecule has 0 saturated carbocycles. The molecular weight excluding hydrogens is 671 g/mol. The summed E-state index contributed by atoms with van der Waals surface area (Å²) in [5, 5.41) is 43.7. The Morgan fingerprint density at radius 1 is 0.444 bits per heavy atom. The third-order valence-electron chi connectivity index (χ3n) is 10.8. The van der Waals surface area contributed by atoms with Crippen LogP contribution in [0, 0.1) is 0 Å². The number of rotatable bonds is 42. The van der Waals surface area contributed by atoms with E-state index in [1.165, 1.54) is 161 Å². The lowest BCUT2D eigenvalue weighted by molar-refractivity contribution is -0.132. The van der Waals surface area contributed by atoms with E-state index in [2.05, 4.69) is 55.6 Å². The molecular formula is C48H91NO5. The van der Waals surface area contributed by atoms with Crippen molar-refractivity contribution in [3.05, 3.63) is 36.5 Å². The highest BCUT2D eigenvalue weighted by molar-refractivity contribution is 5.80. The summed E-state index contributed by atoms with van der Waals surface area (Å²) in [4.78, 5) is 12.5. The second-order valence-electron chi connectivity index (χ2n) is 16.1. The molecule has 0 heterocycles. The maximum Gasteiger partial charge on any atom is 0.249 e. The third kappa shape index (κ3) is 36.2. The van der Waals surface area contributed by atoms with Gasteiger partial charge in [0, 0.05) is 0 Å². The van der Waals surface area contributed by atoms with Crippen LogP contribution in [0.5, 0.6) is 0 Å². The molecule has 5 N–H and O–H groups in total. The van der Waals surface area contributed by atoms with Gasteiger partial charge in [-0.25, -0.2) is 0 Å². The Morgan fingerprint density at radius 3 is 1.17 bits per heavy atom. The number of unbranched alkanes of at least 4 members (excludes halogenated alkanes) is 27. The van der Waals surface area contributed by atoms with Crippen molar-refractivity contribution >= 4 is 5.91 Å². The summed E-state index contributed by atoms with van der Waals surface area (Å²) in [5.74, 6) is -0.601. The molecule has 4 unspecified atom stereocenters. The quantitative estimate of drug-likeness (QED) is 0.0314. The van der Waals surface area contributed by atoms with Gasteiger partial charge in [0.25, 0.3) is 0 Å². The Bertz CT molecular complexity index is 858. The third-order valence-corrected chi connectivity index (χ3v) is 10.8. The highest BCUT2D eigenvalue weighted by Gasteiger charge is 2.28. The predicted molar refractivity (Wildman–Crippen MR) is 233 cm³/mol. The van der Waals surface area contributed by atoms with Crippen molar-refractivity contribution < 1.29 is 25.2 Å². The smallest absolute Gasteiger partial charge is 0.249 e. The van der Waals surface area contributed by atoms with Gasteiger partial charge in [-0.3, -0.25) is 4.79 Å². The lowest BCUT2D eigenvalue weighted by atomic mass is 10.00. The molecule has 318 valence electrons. The van der Waals surface area contributed by atoms with E-state index in [4.69, 9.17) is 0 Å². The monoisotopic (exact) mass is 762 g/mol. The summed E-state index contributed by atoms with van der Waals surface area (Å²) >= 11 is 0. The van der Waals surface area contributed by atoms with E-state index in [9.17, 15) is 25.2 Å². The molecule has 4 atom stereocenters. The van der Waals surface area contributed by atoms with Crippen LogP contribution < -0.4 is 5.32 Å². The average Bonchev–Trinajstić information content (AvgIpc) is 3.18. The first-order valence-corrected chi connectivity index (χ1v) is 23.4. The van der Waals surface area contributed by atoms with Crippen LogP contribution in [0.15, 0.2) is 36.5 Å². The average molecular weight is 762 g/mol. The highest BCUT2D eigenvalue weighted by Crippen LogP contribution is 2.15. The molecule has 0 aromatic rings. The molecule has 0 radical (unpaired) electrons. The maximum absolute atomic E-state index is 12.5. The molecule has 0 aliphatic rings. The normalized spacial score (nSPS) is 14.4. The minimum Gasteiger partial charge on any atom is -0.394 e. The lowest BCUT2D eigenvalue weighted by Gasteiger charge is -2.27. The number of hydrogen-bond acceptors (Lipinski definition) is 5.